The van der Waals surface area contributed by atoms with Gasteiger partial charge < -0.3 is 9.84 Å². The molecule has 0 aliphatic carbocycles. The van der Waals surface area contributed by atoms with Gasteiger partial charge in [-0.3, -0.25) is 5.10 Å². The first-order valence-electron chi connectivity index (χ1n) is 7.36. The van der Waals surface area contributed by atoms with Crippen molar-refractivity contribution in [2.75, 3.05) is 7.11 Å². The topological polar surface area (TPSA) is 75.2 Å². The minimum absolute atomic E-state index is 0.0861. The molecule has 0 fully saturated rings. The molecule has 0 bridgehead atoms. The van der Waals surface area contributed by atoms with Crippen molar-refractivity contribution in [3.05, 3.63) is 35.0 Å². The normalized spacial score (nSPS) is 11.2. The molecule has 2 aromatic rings. The van der Waals surface area contributed by atoms with Gasteiger partial charge in [0, 0.05) is 5.56 Å². The van der Waals surface area contributed by atoms with Crippen molar-refractivity contribution in [1.82, 2.24) is 10.2 Å². The quantitative estimate of drug-likeness (QED) is 0.874. The number of hydrogen-bond donors (Lipinski definition) is 2. The molecule has 2 N–H and O–H groups in total. The Balaban J connectivity index is 2.63. The van der Waals surface area contributed by atoms with Crippen molar-refractivity contribution in [3.8, 4) is 17.0 Å². The minimum Gasteiger partial charge on any atom is -0.496 e. The standard InChI is InChI=1S/C17H22N2O3/c1-9(2)12-6-11(7-13(10(3)4)16(12)22-5)14-8-15(17(20)21)19-18-14/h6-10H,1-5H3,(H,18,19)(H,20,21). The van der Waals surface area contributed by atoms with Gasteiger partial charge in [0.2, 0.25) is 0 Å². The zero-order chi connectivity index (χ0) is 16.4. The van der Waals surface area contributed by atoms with Crippen LogP contribution < -0.4 is 4.74 Å². The largest absolute Gasteiger partial charge is 0.496 e. The molecule has 5 heteroatoms. The smallest absolute Gasteiger partial charge is 0.353 e. The average Bonchev–Trinajstić information content (AvgIpc) is 2.95. The Morgan fingerprint density at radius 3 is 2.05 bits per heavy atom. The molecule has 1 aromatic carbocycles. The second-order valence-electron chi connectivity index (χ2n) is 5.97. The number of carbonyl (C=O) groups is 1. The van der Waals surface area contributed by atoms with Crippen LogP contribution in [-0.4, -0.2) is 28.4 Å². The van der Waals surface area contributed by atoms with Gasteiger partial charge in [-0.25, -0.2) is 4.79 Å². The molecule has 1 heterocycles. The van der Waals surface area contributed by atoms with Gasteiger partial charge in [-0.1, -0.05) is 27.7 Å². The summed E-state index contributed by atoms with van der Waals surface area (Å²) in [6, 6.07) is 5.60. The number of rotatable bonds is 5. The third-order valence-corrected chi connectivity index (χ3v) is 3.70. The monoisotopic (exact) mass is 302 g/mol. The van der Waals surface area contributed by atoms with Crippen molar-refractivity contribution in [2.45, 2.75) is 39.5 Å². The molecule has 0 atom stereocenters. The molecule has 0 spiro atoms. The van der Waals surface area contributed by atoms with E-state index in [4.69, 9.17) is 9.84 Å². The summed E-state index contributed by atoms with van der Waals surface area (Å²) in [5.74, 6) is 0.485. The van der Waals surface area contributed by atoms with Crippen LogP contribution >= 0.6 is 0 Å². The summed E-state index contributed by atoms with van der Waals surface area (Å²) in [7, 11) is 1.68. The van der Waals surface area contributed by atoms with Crippen molar-refractivity contribution in [2.24, 2.45) is 0 Å². The molecule has 0 aliphatic rings. The van der Waals surface area contributed by atoms with Crippen LogP contribution in [0.5, 0.6) is 5.75 Å². The second-order valence-corrected chi connectivity index (χ2v) is 5.97. The molecule has 0 unspecified atom stereocenters. The molecule has 0 saturated carbocycles. The Morgan fingerprint density at radius 2 is 1.68 bits per heavy atom. The van der Waals surface area contributed by atoms with E-state index in [1.807, 2.05) is 12.1 Å². The van der Waals surface area contributed by atoms with Crippen LogP contribution in [0.3, 0.4) is 0 Å². The highest BCUT2D eigenvalue weighted by atomic mass is 16.5. The molecule has 118 valence electrons. The maximum Gasteiger partial charge on any atom is 0.353 e. The number of benzene rings is 1. The van der Waals surface area contributed by atoms with E-state index in [2.05, 4.69) is 37.9 Å². The van der Waals surface area contributed by atoms with E-state index >= 15 is 0 Å². The van der Waals surface area contributed by atoms with E-state index in [0.29, 0.717) is 17.5 Å². The minimum atomic E-state index is -1.01. The number of aromatic carboxylic acids is 1. The summed E-state index contributed by atoms with van der Waals surface area (Å²) in [5, 5.41) is 15.7. The predicted octanol–water partition coefficient (Wildman–Crippen LogP) is 4.03. The van der Waals surface area contributed by atoms with Gasteiger partial charge in [-0.05, 0) is 41.2 Å². The van der Waals surface area contributed by atoms with E-state index < -0.39 is 5.97 Å². The third-order valence-electron chi connectivity index (χ3n) is 3.70. The SMILES string of the molecule is COc1c(C(C)C)cc(-c2cc(C(=O)O)[nH]n2)cc1C(C)C. The fourth-order valence-electron chi connectivity index (χ4n) is 2.49. The van der Waals surface area contributed by atoms with Crippen LogP contribution in [0, 0.1) is 0 Å². The van der Waals surface area contributed by atoms with E-state index in [1.54, 1.807) is 13.2 Å². The lowest BCUT2D eigenvalue weighted by Gasteiger charge is -2.19. The molecule has 22 heavy (non-hydrogen) atoms. The highest BCUT2D eigenvalue weighted by molar-refractivity contribution is 5.87. The summed E-state index contributed by atoms with van der Waals surface area (Å²) in [5.41, 5.74) is 3.82. The van der Waals surface area contributed by atoms with E-state index in [9.17, 15) is 4.79 Å². The van der Waals surface area contributed by atoms with Crippen LogP contribution in [0.25, 0.3) is 11.3 Å². The second kappa shape index (κ2) is 6.22. The molecule has 1 aromatic heterocycles. The van der Waals surface area contributed by atoms with Crippen molar-refractivity contribution < 1.29 is 14.6 Å². The van der Waals surface area contributed by atoms with Crippen molar-refractivity contribution in [1.29, 1.82) is 0 Å². The number of methoxy groups -OCH3 is 1. The van der Waals surface area contributed by atoms with Gasteiger partial charge in [0.15, 0.2) is 0 Å². The first kappa shape index (κ1) is 16.1. The first-order valence-corrected chi connectivity index (χ1v) is 7.36. The summed E-state index contributed by atoms with van der Waals surface area (Å²) >= 11 is 0. The molecular weight excluding hydrogens is 280 g/mol. The number of aromatic amines is 1. The van der Waals surface area contributed by atoms with Crippen LogP contribution in [0.4, 0.5) is 0 Å². The number of hydrogen-bond acceptors (Lipinski definition) is 3. The molecule has 0 aliphatic heterocycles. The molecule has 2 rings (SSSR count). The summed E-state index contributed by atoms with van der Waals surface area (Å²) in [4.78, 5) is 11.0. The van der Waals surface area contributed by atoms with Gasteiger partial charge >= 0.3 is 5.97 Å². The predicted molar refractivity (Wildman–Crippen MR) is 85.7 cm³/mol. The number of nitrogens with zero attached hydrogens (tertiary/aromatic N) is 1. The van der Waals surface area contributed by atoms with E-state index in [0.717, 1.165) is 22.4 Å². The highest BCUT2D eigenvalue weighted by Gasteiger charge is 2.18. The molecular formula is C17H22N2O3. The number of H-pyrrole nitrogens is 1. The molecule has 5 nitrogen and oxygen atoms in total. The number of carboxylic acids is 1. The Labute approximate surface area is 130 Å². The fourth-order valence-corrected chi connectivity index (χ4v) is 2.49. The van der Waals surface area contributed by atoms with Crippen LogP contribution in [0.15, 0.2) is 18.2 Å². The first-order chi connectivity index (χ1) is 10.3. The molecule has 0 radical (unpaired) electrons. The number of nitrogens with one attached hydrogen (secondary N) is 1. The van der Waals surface area contributed by atoms with Crippen molar-refractivity contribution >= 4 is 5.97 Å². The maximum atomic E-state index is 11.0. The van der Waals surface area contributed by atoms with Crippen LogP contribution in [-0.2, 0) is 0 Å². The van der Waals surface area contributed by atoms with Gasteiger partial charge in [0.25, 0.3) is 0 Å². The Bertz CT molecular complexity index is 658. The van der Waals surface area contributed by atoms with Crippen LogP contribution in [0.2, 0.25) is 0 Å². The maximum absolute atomic E-state index is 11.0. The Hall–Kier alpha value is -2.30. The lowest BCUT2D eigenvalue weighted by molar-refractivity contribution is 0.0690. The van der Waals surface area contributed by atoms with Gasteiger partial charge in [-0.15, -0.1) is 0 Å². The lowest BCUT2D eigenvalue weighted by atomic mass is 9.90. The molecule has 0 amide bonds. The number of aromatic nitrogens is 2. The third kappa shape index (κ3) is 2.98. The fraction of sp³-hybridized carbons (Fsp3) is 0.412. The average molecular weight is 302 g/mol. The van der Waals surface area contributed by atoms with Gasteiger partial charge in [0.1, 0.15) is 11.4 Å². The highest BCUT2D eigenvalue weighted by Crippen LogP contribution is 2.38. The molecule has 0 saturated heterocycles. The number of carboxylic acid groups (broad SMARTS) is 1. The van der Waals surface area contributed by atoms with Gasteiger partial charge in [-0.2, -0.15) is 5.10 Å². The zero-order valence-corrected chi connectivity index (χ0v) is 13.6. The zero-order valence-electron chi connectivity index (χ0n) is 13.6. The Kier molecular flexibility index (Phi) is 4.54. The van der Waals surface area contributed by atoms with Gasteiger partial charge in [0.05, 0.1) is 12.8 Å². The Morgan fingerprint density at radius 1 is 1.14 bits per heavy atom. The van der Waals surface area contributed by atoms with Crippen LogP contribution in [0.1, 0.15) is 61.1 Å². The van der Waals surface area contributed by atoms with Crippen molar-refractivity contribution in [3.63, 3.8) is 0 Å². The summed E-state index contributed by atoms with van der Waals surface area (Å²) in [6.07, 6.45) is 0. The summed E-state index contributed by atoms with van der Waals surface area (Å²) < 4.78 is 5.61. The summed E-state index contributed by atoms with van der Waals surface area (Å²) in [6.45, 7) is 8.44. The van der Waals surface area contributed by atoms with E-state index in [-0.39, 0.29) is 5.69 Å². The lowest BCUT2D eigenvalue weighted by Crippen LogP contribution is -2.02. The number of ether oxygens (including phenoxy) is 1. The van der Waals surface area contributed by atoms with E-state index in [1.165, 1.54) is 0 Å².